The lowest BCUT2D eigenvalue weighted by Gasteiger charge is -2.15. The summed E-state index contributed by atoms with van der Waals surface area (Å²) in [5.41, 5.74) is 4.13. The summed E-state index contributed by atoms with van der Waals surface area (Å²) in [5.74, 6) is 0.302. The molecule has 0 N–H and O–H groups in total. The fraction of sp³-hybridized carbons (Fsp3) is 0.200. The van der Waals surface area contributed by atoms with Crippen molar-refractivity contribution in [3.05, 3.63) is 99.6 Å². The highest BCUT2D eigenvalue weighted by molar-refractivity contribution is 8.03. The third kappa shape index (κ3) is 4.49. The molecule has 0 spiro atoms. The number of imide groups is 1. The fourth-order valence-corrected chi connectivity index (χ4v) is 4.68. The van der Waals surface area contributed by atoms with E-state index in [0.29, 0.717) is 22.7 Å². The van der Waals surface area contributed by atoms with Crippen molar-refractivity contribution in [2.75, 3.05) is 6.54 Å². The lowest BCUT2D eigenvalue weighted by atomic mass is 9.99. The maximum Gasteiger partial charge on any atom is 0.268 e. The van der Waals surface area contributed by atoms with Gasteiger partial charge in [-0.3, -0.25) is 14.5 Å². The molecule has 0 saturated carbocycles. The smallest absolute Gasteiger partial charge is 0.268 e. The van der Waals surface area contributed by atoms with E-state index in [1.54, 1.807) is 24.5 Å². The Labute approximate surface area is 184 Å². The number of rotatable bonds is 7. The Hall–Kier alpha value is -3.12. The van der Waals surface area contributed by atoms with Crippen LogP contribution in [0, 0.1) is 19.7 Å². The van der Waals surface area contributed by atoms with E-state index in [2.05, 4.69) is 0 Å². The number of halogens is 1. The highest BCUT2D eigenvalue weighted by Crippen LogP contribution is 2.38. The van der Waals surface area contributed by atoms with Crippen LogP contribution in [0.1, 0.15) is 28.0 Å². The van der Waals surface area contributed by atoms with Gasteiger partial charge in [0, 0.05) is 6.54 Å². The van der Waals surface area contributed by atoms with Crippen molar-refractivity contribution >= 4 is 29.1 Å². The monoisotopic (exact) mass is 435 g/mol. The van der Waals surface area contributed by atoms with E-state index in [9.17, 15) is 14.0 Å². The number of amides is 2. The van der Waals surface area contributed by atoms with Gasteiger partial charge in [-0.1, -0.05) is 35.9 Å². The quantitative estimate of drug-likeness (QED) is 0.473. The van der Waals surface area contributed by atoms with E-state index in [1.807, 2.05) is 38.1 Å². The van der Waals surface area contributed by atoms with Crippen LogP contribution >= 0.6 is 11.8 Å². The number of nitrogens with zero attached hydrogens (tertiary/aromatic N) is 1. The SMILES string of the molecule is Cc1ccc(C2=C(SCc3ccco3)C(=O)N(CCc3ccc(F)cc3)C2=O)c(C)c1. The fourth-order valence-electron chi connectivity index (χ4n) is 3.65. The highest BCUT2D eigenvalue weighted by Gasteiger charge is 2.39. The second kappa shape index (κ2) is 8.94. The standard InChI is InChI=1S/C25H22FNO3S/c1-16-5-10-21(17(2)14-16)22-23(31-15-20-4-3-13-30-20)25(29)27(24(22)28)12-11-18-6-8-19(26)9-7-18/h3-10,13-14H,11-12,15H2,1-2H3. The molecule has 0 aliphatic carbocycles. The lowest BCUT2D eigenvalue weighted by molar-refractivity contribution is -0.136. The Bertz CT molecular complexity index is 1150. The van der Waals surface area contributed by atoms with E-state index in [4.69, 9.17) is 4.42 Å². The largest absolute Gasteiger partial charge is 0.468 e. The molecule has 0 unspecified atom stereocenters. The molecule has 1 aromatic heterocycles. The second-order valence-corrected chi connectivity index (χ2v) is 8.51. The molecule has 2 heterocycles. The summed E-state index contributed by atoms with van der Waals surface area (Å²) in [6, 6.07) is 15.6. The average molecular weight is 436 g/mol. The van der Waals surface area contributed by atoms with Crippen LogP contribution in [-0.2, 0) is 21.8 Å². The van der Waals surface area contributed by atoms with Crippen LogP contribution in [-0.4, -0.2) is 23.3 Å². The maximum atomic E-state index is 13.4. The first-order valence-electron chi connectivity index (χ1n) is 10.0. The average Bonchev–Trinajstić information content (AvgIpc) is 3.34. The first kappa shape index (κ1) is 21.1. The van der Waals surface area contributed by atoms with Gasteiger partial charge in [0.25, 0.3) is 11.8 Å². The molecule has 3 aromatic rings. The lowest BCUT2D eigenvalue weighted by Crippen LogP contribution is -2.33. The minimum atomic E-state index is -0.313. The number of furan rings is 1. The predicted molar refractivity (Wildman–Crippen MR) is 120 cm³/mol. The number of hydrogen-bond donors (Lipinski definition) is 0. The van der Waals surface area contributed by atoms with Crippen LogP contribution in [0.3, 0.4) is 0 Å². The number of aryl methyl sites for hydroxylation is 2. The summed E-state index contributed by atoms with van der Waals surface area (Å²) in [7, 11) is 0. The summed E-state index contributed by atoms with van der Waals surface area (Å²) in [5, 5.41) is 0. The summed E-state index contributed by atoms with van der Waals surface area (Å²) in [6.07, 6.45) is 2.06. The van der Waals surface area contributed by atoms with Gasteiger partial charge in [-0.05, 0) is 61.2 Å². The molecule has 4 nitrogen and oxygen atoms in total. The van der Waals surface area contributed by atoms with E-state index in [-0.39, 0.29) is 24.2 Å². The molecular weight excluding hydrogens is 413 g/mol. The van der Waals surface area contributed by atoms with Crippen LogP contribution in [0.15, 0.2) is 70.2 Å². The predicted octanol–water partition coefficient (Wildman–Crippen LogP) is 5.29. The third-order valence-electron chi connectivity index (χ3n) is 5.25. The van der Waals surface area contributed by atoms with Crippen molar-refractivity contribution in [3.63, 3.8) is 0 Å². The number of hydrogen-bond acceptors (Lipinski definition) is 4. The second-order valence-electron chi connectivity index (χ2n) is 7.53. The van der Waals surface area contributed by atoms with Gasteiger partial charge in [-0.2, -0.15) is 0 Å². The first-order valence-corrected chi connectivity index (χ1v) is 11.0. The van der Waals surface area contributed by atoms with E-state index >= 15 is 0 Å². The molecule has 6 heteroatoms. The Morgan fingerprint density at radius 1 is 1.00 bits per heavy atom. The molecule has 2 aromatic carbocycles. The molecule has 0 atom stereocenters. The minimum absolute atomic E-state index is 0.239. The van der Waals surface area contributed by atoms with Crippen molar-refractivity contribution in [2.45, 2.75) is 26.0 Å². The van der Waals surface area contributed by atoms with Crippen LogP contribution in [0.4, 0.5) is 4.39 Å². The zero-order valence-corrected chi connectivity index (χ0v) is 18.2. The molecule has 4 rings (SSSR count). The zero-order valence-electron chi connectivity index (χ0n) is 17.4. The Kier molecular flexibility index (Phi) is 6.09. The molecule has 0 bridgehead atoms. The summed E-state index contributed by atoms with van der Waals surface area (Å²) < 4.78 is 18.6. The van der Waals surface area contributed by atoms with E-state index < -0.39 is 0 Å². The van der Waals surface area contributed by atoms with Gasteiger partial charge in [0.1, 0.15) is 11.6 Å². The molecule has 2 amide bonds. The molecular formula is C25H22FNO3S. The van der Waals surface area contributed by atoms with Crippen molar-refractivity contribution < 1.29 is 18.4 Å². The third-order valence-corrected chi connectivity index (χ3v) is 6.35. The Morgan fingerprint density at radius 2 is 1.77 bits per heavy atom. The number of carbonyl (C=O) groups excluding carboxylic acids is 2. The molecule has 1 aliphatic heterocycles. The van der Waals surface area contributed by atoms with Gasteiger partial charge in [-0.15, -0.1) is 11.8 Å². The van der Waals surface area contributed by atoms with E-state index in [0.717, 1.165) is 28.0 Å². The van der Waals surface area contributed by atoms with Crippen LogP contribution in [0.5, 0.6) is 0 Å². The van der Waals surface area contributed by atoms with Gasteiger partial charge in [-0.25, -0.2) is 4.39 Å². The highest BCUT2D eigenvalue weighted by atomic mass is 32.2. The first-order chi connectivity index (χ1) is 14.9. The molecule has 0 fully saturated rings. The maximum absolute atomic E-state index is 13.4. The van der Waals surface area contributed by atoms with Gasteiger partial charge < -0.3 is 4.42 Å². The van der Waals surface area contributed by atoms with E-state index in [1.165, 1.54) is 28.8 Å². The molecule has 0 saturated heterocycles. The van der Waals surface area contributed by atoms with Gasteiger partial charge in [0.05, 0.1) is 22.5 Å². The van der Waals surface area contributed by atoms with Crippen LogP contribution in [0.25, 0.3) is 5.57 Å². The minimum Gasteiger partial charge on any atom is -0.468 e. The van der Waals surface area contributed by atoms with Gasteiger partial charge >= 0.3 is 0 Å². The summed E-state index contributed by atoms with van der Waals surface area (Å²) >= 11 is 1.32. The van der Waals surface area contributed by atoms with Gasteiger partial charge in [0.15, 0.2) is 0 Å². The van der Waals surface area contributed by atoms with Crippen molar-refractivity contribution in [2.24, 2.45) is 0 Å². The number of thioether (sulfide) groups is 1. The summed E-state index contributed by atoms with van der Waals surface area (Å²) in [4.78, 5) is 28.3. The normalized spacial score (nSPS) is 14.1. The molecule has 0 radical (unpaired) electrons. The van der Waals surface area contributed by atoms with Crippen molar-refractivity contribution in [1.82, 2.24) is 4.90 Å². The van der Waals surface area contributed by atoms with Gasteiger partial charge in [0.2, 0.25) is 0 Å². The molecule has 31 heavy (non-hydrogen) atoms. The van der Waals surface area contributed by atoms with Crippen molar-refractivity contribution in [3.8, 4) is 0 Å². The Balaban J connectivity index is 1.63. The van der Waals surface area contributed by atoms with Crippen LogP contribution < -0.4 is 0 Å². The zero-order chi connectivity index (χ0) is 22.0. The number of carbonyl (C=O) groups is 2. The molecule has 1 aliphatic rings. The van der Waals surface area contributed by atoms with Crippen molar-refractivity contribution in [1.29, 1.82) is 0 Å². The topological polar surface area (TPSA) is 50.5 Å². The number of benzene rings is 2. The Morgan fingerprint density at radius 3 is 2.45 bits per heavy atom. The summed E-state index contributed by atoms with van der Waals surface area (Å²) in [6.45, 7) is 4.18. The molecule has 158 valence electrons. The van der Waals surface area contributed by atoms with Crippen LogP contribution in [0.2, 0.25) is 0 Å².